The van der Waals surface area contributed by atoms with Crippen molar-refractivity contribution in [3.63, 3.8) is 0 Å². The molecular weight excluding hydrogens is 323 g/mol. The van der Waals surface area contributed by atoms with Crippen molar-refractivity contribution < 1.29 is 5.21 Å². The summed E-state index contributed by atoms with van der Waals surface area (Å²) in [6.45, 7) is 2.00. The third-order valence-corrected chi connectivity index (χ3v) is 3.97. The molecular formula is C15H12Cl2N4O. The van der Waals surface area contributed by atoms with Crippen molar-refractivity contribution in [3.8, 4) is 0 Å². The molecule has 112 valence electrons. The fraction of sp³-hybridized carbons (Fsp3) is 0.0667. The summed E-state index contributed by atoms with van der Waals surface area (Å²) in [5, 5.41) is 10.0. The molecule has 0 amide bonds. The first-order valence-electron chi connectivity index (χ1n) is 6.48. The fourth-order valence-corrected chi connectivity index (χ4v) is 2.49. The summed E-state index contributed by atoms with van der Waals surface area (Å²) in [4.78, 5) is 11.7. The summed E-state index contributed by atoms with van der Waals surface area (Å²) < 4.78 is 0. The second-order valence-corrected chi connectivity index (χ2v) is 5.54. The summed E-state index contributed by atoms with van der Waals surface area (Å²) in [5.41, 5.74) is 5.29. The Balaban J connectivity index is 2.08. The number of imidazole rings is 1. The van der Waals surface area contributed by atoms with E-state index in [0.29, 0.717) is 21.6 Å². The summed E-state index contributed by atoms with van der Waals surface area (Å²) >= 11 is 12.1. The number of halogens is 2. The summed E-state index contributed by atoms with van der Waals surface area (Å²) in [5.74, 6) is 0.511. The van der Waals surface area contributed by atoms with E-state index < -0.39 is 0 Å². The van der Waals surface area contributed by atoms with Crippen LogP contribution in [0.1, 0.15) is 11.1 Å². The number of benzene rings is 2. The molecule has 0 aliphatic carbocycles. The highest BCUT2D eigenvalue weighted by atomic mass is 35.5. The summed E-state index contributed by atoms with van der Waals surface area (Å²) in [6, 6.07) is 10.9. The number of aromatic amines is 1. The second-order valence-electron chi connectivity index (χ2n) is 4.75. The molecule has 1 heterocycles. The predicted molar refractivity (Wildman–Crippen MR) is 88.4 cm³/mol. The molecule has 0 radical (unpaired) electrons. The Morgan fingerprint density at radius 1 is 1.27 bits per heavy atom. The minimum atomic E-state index is 0.156. The molecule has 0 aliphatic heterocycles. The summed E-state index contributed by atoms with van der Waals surface area (Å²) in [7, 11) is 0. The van der Waals surface area contributed by atoms with Crippen molar-refractivity contribution >= 4 is 46.0 Å². The molecule has 7 heteroatoms. The van der Waals surface area contributed by atoms with Gasteiger partial charge in [-0.2, -0.15) is 4.99 Å². The van der Waals surface area contributed by atoms with Gasteiger partial charge in [0.05, 0.1) is 21.1 Å². The molecule has 0 unspecified atom stereocenters. The van der Waals surface area contributed by atoms with Crippen LogP contribution in [0.2, 0.25) is 10.0 Å². The van der Waals surface area contributed by atoms with E-state index in [1.54, 1.807) is 18.2 Å². The van der Waals surface area contributed by atoms with Crippen LogP contribution in [0.4, 0.5) is 5.95 Å². The zero-order valence-corrected chi connectivity index (χ0v) is 13.1. The number of nitrogens with one attached hydrogen (secondary N) is 2. The molecule has 0 bridgehead atoms. The van der Waals surface area contributed by atoms with Gasteiger partial charge in [0, 0.05) is 5.56 Å². The van der Waals surface area contributed by atoms with Crippen LogP contribution in [0.5, 0.6) is 0 Å². The average Bonchev–Trinajstić information content (AvgIpc) is 2.89. The smallest absolute Gasteiger partial charge is 0.229 e. The lowest BCUT2D eigenvalue weighted by Gasteiger charge is -2.07. The van der Waals surface area contributed by atoms with E-state index in [-0.39, 0.29) is 5.84 Å². The Labute approximate surface area is 136 Å². The summed E-state index contributed by atoms with van der Waals surface area (Å²) in [6.07, 6.45) is 0. The van der Waals surface area contributed by atoms with Crippen LogP contribution in [0.25, 0.3) is 11.0 Å². The van der Waals surface area contributed by atoms with E-state index in [0.717, 1.165) is 16.6 Å². The van der Waals surface area contributed by atoms with Crippen LogP contribution >= 0.6 is 23.2 Å². The number of hydroxylamine groups is 1. The Morgan fingerprint density at radius 2 is 2.09 bits per heavy atom. The third-order valence-electron chi connectivity index (χ3n) is 3.16. The molecule has 3 rings (SSSR count). The van der Waals surface area contributed by atoms with E-state index in [9.17, 15) is 5.21 Å². The van der Waals surface area contributed by atoms with E-state index in [1.165, 1.54) is 0 Å². The van der Waals surface area contributed by atoms with Crippen LogP contribution in [-0.2, 0) is 0 Å². The fourth-order valence-electron chi connectivity index (χ4n) is 2.10. The van der Waals surface area contributed by atoms with Gasteiger partial charge in [-0.3, -0.25) is 10.7 Å². The van der Waals surface area contributed by atoms with E-state index in [2.05, 4.69) is 15.0 Å². The van der Waals surface area contributed by atoms with Gasteiger partial charge in [0.2, 0.25) is 5.95 Å². The molecule has 3 aromatic rings. The lowest BCUT2D eigenvalue weighted by atomic mass is 10.2. The molecule has 0 fully saturated rings. The quantitative estimate of drug-likeness (QED) is 0.373. The van der Waals surface area contributed by atoms with Crippen molar-refractivity contribution in [3.05, 3.63) is 57.6 Å². The van der Waals surface area contributed by atoms with Gasteiger partial charge in [-0.25, -0.2) is 4.98 Å². The molecule has 1 aromatic heterocycles. The van der Waals surface area contributed by atoms with E-state index in [1.807, 2.05) is 30.6 Å². The molecule has 5 nitrogen and oxygen atoms in total. The third kappa shape index (κ3) is 2.78. The second kappa shape index (κ2) is 5.96. The van der Waals surface area contributed by atoms with Crippen LogP contribution in [0, 0.1) is 6.92 Å². The number of aliphatic imine (C=N–C) groups is 1. The first-order chi connectivity index (χ1) is 10.6. The van der Waals surface area contributed by atoms with Gasteiger partial charge in [-0.05, 0) is 36.8 Å². The van der Waals surface area contributed by atoms with Gasteiger partial charge in [-0.15, -0.1) is 0 Å². The van der Waals surface area contributed by atoms with Gasteiger partial charge in [-0.1, -0.05) is 35.3 Å². The first kappa shape index (κ1) is 14.8. The molecule has 2 aromatic carbocycles. The zero-order valence-electron chi connectivity index (χ0n) is 11.6. The molecule has 0 atom stereocenters. The highest BCUT2D eigenvalue weighted by Crippen LogP contribution is 2.26. The van der Waals surface area contributed by atoms with Gasteiger partial charge >= 0.3 is 0 Å². The monoisotopic (exact) mass is 334 g/mol. The Morgan fingerprint density at radius 3 is 2.86 bits per heavy atom. The van der Waals surface area contributed by atoms with E-state index >= 15 is 0 Å². The Bertz CT molecular complexity index is 873. The Hall–Kier alpha value is -2.08. The van der Waals surface area contributed by atoms with Gasteiger partial charge in [0.15, 0.2) is 5.84 Å². The van der Waals surface area contributed by atoms with Gasteiger partial charge < -0.3 is 4.98 Å². The highest BCUT2D eigenvalue weighted by Gasteiger charge is 2.12. The maximum Gasteiger partial charge on any atom is 0.229 e. The van der Waals surface area contributed by atoms with Crippen molar-refractivity contribution in [1.29, 1.82) is 0 Å². The van der Waals surface area contributed by atoms with Crippen LogP contribution in [0.15, 0.2) is 41.4 Å². The zero-order chi connectivity index (χ0) is 15.7. The lowest BCUT2D eigenvalue weighted by molar-refractivity contribution is 0.235. The van der Waals surface area contributed by atoms with Crippen molar-refractivity contribution in [2.75, 3.05) is 0 Å². The minimum Gasteiger partial charge on any atom is -0.322 e. The van der Waals surface area contributed by atoms with Crippen LogP contribution in [-0.4, -0.2) is 21.0 Å². The minimum absolute atomic E-state index is 0.156. The molecule has 22 heavy (non-hydrogen) atoms. The number of fused-ring (bicyclic) bond motifs is 1. The molecule has 0 spiro atoms. The van der Waals surface area contributed by atoms with Crippen LogP contribution < -0.4 is 5.48 Å². The molecule has 3 N–H and O–H groups in total. The maximum absolute atomic E-state index is 9.35. The molecule has 0 aliphatic rings. The number of hydrogen-bond donors (Lipinski definition) is 3. The molecule has 0 saturated heterocycles. The standard InChI is InChI=1S/C15H12Cl2N4O/c1-8-5-6-11-12(7-8)19-15(18-11)20-14(21-22)9-3-2-4-10(16)13(9)17/h2-7,22H,1H3,(H2,18,19,20,21). The number of aromatic nitrogens is 2. The number of aryl methyl sites for hydroxylation is 1. The normalized spacial score (nSPS) is 11.9. The number of hydrogen-bond acceptors (Lipinski definition) is 3. The Kier molecular flexibility index (Phi) is 4.02. The number of nitrogens with zero attached hydrogens (tertiary/aromatic N) is 2. The molecule has 0 saturated carbocycles. The van der Waals surface area contributed by atoms with Crippen molar-refractivity contribution in [1.82, 2.24) is 15.4 Å². The van der Waals surface area contributed by atoms with Crippen molar-refractivity contribution in [2.24, 2.45) is 4.99 Å². The number of H-pyrrole nitrogens is 1. The number of amidine groups is 1. The SMILES string of the molecule is Cc1ccc2nc(/N=C(\NO)c3cccc(Cl)c3Cl)[nH]c2c1. The predicted octanol–water partition coefficient (Wildman–Crippen LogP) is 4.24. The highest BCUT2D eigenvalue weighted by molar-refractivity contribution is 6.44. The van der Waals surface area contributed by atoms with Crippen molar-refractivity contribution in [2.45, 2.75) is 6.92 Å². The average molecular weight is 335 g/mol. The maximum atomic E-state index is 9.35. The number of rotatable bonds is 2. The van der Waals surface area contributed by atoms with E-state index in [4.69, 9.17) is 23.2 Å². The van der Waals surface area contributed by atoms with Crippen LogP contribution in [0.3, 0.4) is 0 Å². The topological polar surface area (TPSA) is 73.3 Å². The lowest BCUT2D eigenvalue weighted by Crippen LogP contribution is -2.20. The van der Waals surface area contributed by atoms with Gasteiger partial charge in [0.1, 0.15) is 0 Å². The van der Waals surface area contributed by atoms with Gasteiger partial charge in [0.25, 0.3) is 0 Å². The largest absolute Gasteiger partial charge is 0.322 e. The first-order valence-corrected chi connectivity index (χ1v) is 7.23.